The summed E-state index contributed by atoms with van der Waals surface area (Å²) in [6.07, 6.45) is 0. The van der Waals surface area contributed by atoms with Crippen LogP contribution in [0.2, 0.25) is 0 Å². The van der Waals surface area contributed by atoms with E-state index in [1.807, 2.05) is 54.6 Å². The highest BCUT2D eigenvalue weighted by Gasteiger charge is 2.14. The van der Waals surface area contributed by atoms with Crippen LogP contribution in [0, 0.1) is 6.92 Å². The molecule has 0 aliphatic carbocycles. The third kappa shape index (κ3) is 3.32. The van der Waals surface area contributed by atoms with Gasteiger partial charge < -0.3 is 11.1 Å². The van der Waals surface area contributed by atoms with Crippen molar-refractivity contribution in [2.24, 2.45) is 5.73 Å². The van der Waals surface area contributed by atoms with Gasteiger partial charge in [0.2, 0.25) is 0 Å². The maximum atomic E-state index is 6.22. The monoisotopic (exact) mass is 293 g/mol. The Kier molecular flexibility index (Phi) is 4.16. The summed E-state index contributed by atoms with van der Waals surface area (Å²) in [7, 11) is 0. The predicted molar refractivity (Wildman–Crippen MR) is 87.4 cm³/mol. The lowest BCUT2D eigenvalue weighted by atomic mass is 10.1. The molecule has 0 fully saturated rings. The van der Waals surface area contributed by atoms with Crippen LogP contribution in [0.3, 0.4) is 0 Å². The zero-order valence-corrected chi connectivity index (χ0v) is 12.5. The molecule has 0 amide bonds. The molecule has 0 spiro atoms. The van der Waals surface area contributed by atoms with E-state index in [1.165, 1.54) is 5.56 Å². The Balaban J connectivity index is 1.66. The molecule has 112 valence electrons. The molecule has 3 aromatic rings. The number of aromatic nitrogens is 3. The van der Waals surface area contributed by atoms with Crippen molar-refractivity contribution in [1.29, 1.82) is 0 Å². The van der Waals surface area contributed by atoms with Gasteiger partial charge in [0.05, 0.1) is 12.6 Å². The van der Waals surface area contributed by atoms with Crippen LogP contribution in [-0.4, -0.2) is 15.2 Å². The van der Waals surface area contributed by atoms with Gasteiger partial charge in [0, 0.05) is 5.69 Å². The second-order valence-corrected chi connectivity index (χ2v) is 5.25. The fourth-order valence-corrected chi connectivity index (χ4v) is 2.19. The van der Waals surface area contributed by atoms with Crippen molar-refractivity contribution in [3.8, 4) is 0 Å². The van der Waals surface area contributed by atoms with E-state index in [-0.39, 0.29) is 6.04 Å². The van der Waals surface area contributed by atoms with Gasteiger partial charge in [-0.2, -0.15) is 5.10 Å². The van der Waals surface area contributed by atoms with Crippen molar-refractivity contribution in [2.75, 3.05) is 5.32 Å². The van der Waals surface area contributed by atoms with E-state index in [9.17, 15) is 0 Å². The van der Waals surface area contributed by atoms with Gasteiger partial charge in [-0.3, -0.25) is 5.10 Å². The Bertz CT molecular complexity index is 718. The zero-order chi connectivity index (χ0) is 15.4. The Morgan fingerprint density at radius 2 is 1.82 bits per heavy atom. The average Bonchev–Trinajstić information content (AvgIpc) is 3.03. The molecule has 0 unspecified atom stereocenters. The van der Waals surface area contributed by atoms with E-state index in [2.05, 4.69) is 27.4 Å². The molecule has 0 bridgehead atoms. The van der Waals surface area contributed by atoms with Crippen molar-refractivity contribution in [3.05, 3.63) is 77.4 Å². The number of hydrogen-bond acceptors (Lipinski definition) is 4. The van der Waals surface area contributed by atoms with Crippen molar-refractivity contribution < 1.29 is 0 Å². The van der Waals surface area contributed by atoms with E-state index >= 15 is 0 Å². The number of aryl methyl sites for hydroxylation is 1. The molecular formula is C17H19N5. The Morgan fingerprint density at radius 1 is 1.09 bits per heavy atom. The molecule has 22 heavy (non-hydrogen) atoms. The van der Waals surface area contributed by atoms with Crippen LogP contribution >= 0.6 is 0 Å². The lowest BCUT2D eigenvalue weighted by Crippen LogP contribution is -2.13. The van der Waals surface area contributed by atoms with Gasteiger partial charge in [-0.25, -0.2) is 4.98 Å². The minimum Gasteiger partial charge on any atom is -0.378 e. The molecule has 0 saturated carbocycles. The quantitative estimate of drug-likeness (QED) is 0.676. The maximum absolute atomic E-state index is 6.22. The summed E-state index contributed by atoms with van der Waals surface area (Å²) in [4.78, 5) is 4.47. The number of aromatic amines is 1. The highest BCUT2D eigenvalue weighted by Crippen LogP contribution is 2.17. The predicted octanol–water partition coefficient (Wildman–Crippen LogP) is 2.77. The molecule has 1 heterocycles. The molecule has 5 heteroatoms. The molecule has 1 atom stereocenters. The summed E-state index contributed by atoms with van der Waals surface area (Å²) in [5, 5.41) is 10.4. The van der Waals surface area contributed by atoms with Gasteiger partial charge in [-0.1, -0.05) is 48.0 Å². The summed E-state index contributed by atoms with van der Waals surface area (Å²) < 4.78 is 0. The number of rotatable bonds is 5. The molecule has 4 N–H and O–H groups in total. The maximum Gasteiger partial charge on any atom is 0.171 e. The first kappa shape index (κ1) is 14.3. The number of benzene rings is 2. The SMILES string of the molecule is Cc1ccc([C@H](N)c2n[nH]c(CNc3ccccc3)n2)cc1. The molecule has 0 radical (unpaired) electrons. The minimum absolute atomic E-state index is 0.317. The van der Waals surface area contributed by atoms with E-state index in [0.717, 1.165) is 17.1 Å². The minimum atomic E-state index is -0.317. The largest absolute Gasteiger partial charge is 0.378 e. The van der Waals surface area contributed by atoms with Crippen molar-refractivity contribution in [2.45, 2.75) is 19.5 Å². The van der Waals surface area contributed by atoms with Gasteiger partial charge in [0.1, 0.15) is 5.82 Å². The second kappa shape index (κ2) is 6.41. The average molecular weight is 293 g/mol. The standard InChI is InChI=1S/C17H19N5/c1-12-7-9-13(10-8-12)16(18)17-20-15(21-22-17)11-19-14-5-3-2-4-6-14/h2-10,16,19H,11,18H2,1H3,(H,20,21,22)/t16-/m0/s1. The molecule has 5 nitrogen and oxygen atoms in total. The number of nitrogens with one attached hydrogen (secondary N) is 2. The van der Waals surface area contributed by atoms with Crippen LogP contribution in [0.1, 0.15) is 28.8 Å². The molecule has 0 aliphatic heterocycles. The zero-order valence-electron chi connectivity index (χ0n) is 12.5. The van der Waals surface area contributed by atoms with Crippen LogP contribution in [0.5, 0.6) is 0 Å². The number of anilines is 1. The summed E-state index contributed by atoms with van der Waals surface area (Å²) >= 11 is 0. The molecule has 0 aliphatic rings. The first-order valence-corrected chi connectivity index (χ1v) is 7.24. The molecular weight excluding hydrogens is 274 g/mol. The van der Waals surface area contributed by atoms with E-state index in [4.69, 9.17) is 5.73 Å². The summed E-state index contributed by atoms with van der Waals surface area (Å²) in [6, 6.07) is 17.8. The summed E-state index contributed by atoms with van der Waals surface area (Å²) in [5.41, 5.74) is 9.48. The number of nitrogens with two attached hydrogens (primary N) is 1. The Hall–Kier alpha value is -2.66. The van der Waals surface area contributed by atoms with Gasteiger partial charge in [-0.15, -0.1) is 0 Å². The Morgan fingerprint density at radius 3 is 2.55 bits per heavy atom. The summed E-state index contributed by atoms with van der Waals surface area (Å²) in [6.45, 7) is 2.63. The lowest BCUT2D eigenvalue weighted by Gasteiger charge is -2.08. The van der Waals surface area contributed by atoms with E-state index in [1.54, 1.807) is 0 Å². The molecule has 0 saturated heterocycles. The van der Waals surface area contributed by atoms with Crippen molar-refractivity contribution >= 4 is 5.69 Å². The fourth-order valence-electron chi connectivity index (χ4n) is 2.19. The number of H-pyrrole nitrogens is 1. The van der Waals surface area contributed by atoms with Crippen LogP contribution in [0.25, 0.3) is 0 Å². The van der Waals surface area contributed by atoms with Crippen molar-refractivity contribution in [3.63, 3.8) is 0 Å². The Labute approximate surface area is 129 Å². The van der Waals surface area contributed by atoms with Gasteiger partial charge >= 0.3 is 0 Å². The van der Waals surface area contributed by atoms with Gasteiger partial charge in [-0.05, 0) is 24.6 Å². The van der Waals surface area contributed by atoms with E-state index in [0.29, 0.717) is 12.4 Å². The molecule has 2 aromatic carbocycles. The smallest absolute Gasteiger partial charge is 0.171 e. The van der Waals surface area contributed by atoms with Gasteiger partial charge in [0.15, 0.2) is 5.82 Å². The fraction of sp³-hybridized carbons (Fsp3) is 0.176. The number of nitrogens with zero attached hydrogens (tertiary/aromatic N) is 2. The van der Waals surface area contributed by atoms with Crippen LogP contribution in [0.15, 0.2) is 54.6 Å². The first-order chi connectivity index (χ1) is 10.7. The van der Waals surface area contributed by atoms with Gasteiger partial charge in [0.25, 0.3) is 0 Å². The third-order valence-electron chi connectivity index (χ3n) is 3.50. The normalized spacial score (nSPS) is 12.1. The second-order valence-electron chi connectivity index (χ2n) is 5.25. The molecule has 1 aromatic heterocycles. The van der Waals surface area contributed by atoms with E-state index < -0.39 is 0 Å². The number of hydrogen-bond donors (Lipinski definition) is 3. The summed E-state index contributed by atoms with van der Waals surface area (Å²) in [5.74, 6) is 1.37. The van der Waals surface area contributed by atoms with Crippen LogP contribution in [-0.2, 0) is 6.54 Å². The van der Waals surface area contributed by atoms with Crippen LogP contribution < -0.4 is 11.1 Å². The lowest BCUT2D eigenvalue weighted by molar-refractivity contribution is 0.786. The third-order valence-corrected chi connectivity index (χ3v) is 3.50. The van der Waals surface area contributed by atoms with Crippen molar-refractivity contribution in [1.82, 2.24) is 15.2 Å². The highest BCUT2D eigenvalue weighted by molar-refractivity contribution is 5.42. The molecule has 3 rings (SSSR count). The number of para-hydroxylation sites is 1. The highest BCUT2D eigenvalue weighted by atomic mass is 15.2. The first-order valence-electron chi connectivity index (χ1n) is 7.24. The van der Waals surface area contributed by atoms with Crippen LogP contribution in [0.4, 0.5) is 5.69 Å². The topological polar surface area (TPSA) is 79.6 Å².